The van der Waals surface area contributed by atoms with Crippen molar-refractivity contribution >= 4 is 23.3 Å². The van der Waals surface area contributed by atoms with Gasteiger partial charge in [-0.25, -0.2) is 4.39 Å². The van der Waals surface area contributed by atoms with E-state index in [0.29, 0.717) is 5.92 Å². The van der Waals surface area contributed by atoms with Gasteiger partial charge in [-0.1, -0.05) is 54.6 Å². The fourth-order valence-electron chi connectivity index (χ4n) is 3.22. The number of rotatable bonds is 4. The van der Waals surface area contributed by atoms with E-state index in [-0.39, 0.29) is 10.8 Å². The van der Waals surface area contributed by atoms with Gasteiger partial charge in [-0.15, -0.1) is 0 Å². The summed E-state index contributed by atoms with van der Waals surface area (Å²) in [5.74, 6) is 0.189. The summed E-state index contributed by atoms with van der Waals surface area (Å²) in [6.45, 7) is 3.78. The summed E-state index contributed by atoms with van der Waals surface area (Å²) >= 11 is 6.19. The van der Waals surface area contributed by atoms with Crippen molar-refractivity contribution in [3.8, 4) is 5.75 Å². The first-order chi connectivity index (χ1) is 11.6. The minimum atomic E-state index is -0.486. The van der Waals surface area contributed by atoms with Gasteiger partial charge in [0.2, 0.25) is 0 Å². The van der Waals surface area contributed by atoms with E-state index in [4.69, 9.17) is 16.3 Å². The van der Waals surface area contributed by atoms with Gasteiger partial charge in [0.25, 0.3) is 0 Å². The number of hydrogen-bond donors (Lipinski definition) is 0. The van der Waals surface area contributed by atoms with Crippen LogP contribution in [0.25, 0.3) is 11.6 Å². The van der Waals surface area contributed by atoms with Crippen LogP contribution in [0.3, 0.4) is 0 Å². The van der Waals surface area contributed by atoms with Crippen LogP contribution in [-0.4, -0.2) is 7.11 Å². The normalized spacial score (nSPS) is 17.3. The first kappa shape index (κ1) is 16.8. The van der Waals surface area contributed by atoms with Gasteiger partial charge in [0.05, 0.1) is 12.1 Å². The molecule has 0 saturated heterocycles. The van der Waals surface area contributed by atoms with Crippen LogP contribution >= 0.6 is 11.6 Å². The molecule has 0 amide bonds. The Hall–Kier alpha value is -2.06. The molecule has 0 bridgehead atoms. The molecule has 1 aliphatic rings. The van der Waals surface area contributed by atoms with Gasteiger partial charge in [-0.3, -0.25) is 0 Å². The fraction of sp³-hybridized carbons (Fsp3) is 0.238. The van der Waals surface area contributed by atoms with E-state index in [0.717, 1.165) is 36.0 Å². The lowest BCUT2D eigenvalue weighted by Crippen LogP contribution is -2.05. The minimum absolute atomic E-state index is 0.148. The van der Waals surface area contributed by atoms with Crippen molar-refractivity contribution in [3.05, 3.63) is 76.6 Å². The SMILES string of the molecule is C=Cc1ccc(C2CC=C(c3ccc(OC)c(F)c3Cl)CC2)cc1. The second kappa shape index (κ2) is 7.23. The number of hydrogen-bond acceptors (Lipinski definition) is 1. The van der Waals surface area contributed by atoms with E-state index < -0.39 is 5.82 Å². The number of allylic oxidation sites excluding steroid dienone is 2. The van der Waals surface area contributed by atoms with Crippen LogP contribution in [0.5, 0.6) is 5.75 Å². The largest absolute Gasteiger partial charge is 0.494 e. The molecular formula is C21H20ClFO. The molecule has 0 N–H and O–H groups in total. The van der Waals surface area contributed by atoms with Crippen molar-refractivity contribution in [2.45, 2.75) is 25.2 Å². The molecule has 0 radical (unpaired) electrons. The summed E-state index contributed by atoms with van der Waals surface area (Å²) in [6.07, 6.45) is 6.89. The summed E-state index contributed by atoms with van der Waals surface area (Å²) < 4.78 is 19.1. The quantitative estimate of drug-likeness (QED) is 0.617. The average molecular weight is 343 g/mol. The predicted molar refractivity (Wildman–Crippen MR) is 99.1 cm³/mol. The smallest absolute Gasteiger partial charge is 0.184 e. The van der Waals surface area contributed by atoms with Crippen LogP contribution in [0.2, 0.25) is 5.02 Å². The van der Waals surface area contributed by atoms with Crippen LogP contribution in [0.15, 0.2) is 49.1 Å². The number of methoxy groups -OCH3 is 1. The van der Waals surface area contributed by atoms with E-state index in [9.17, 15) is 4.39 Å². The second-order valence-electron chi connectivity index (χ2n) is 6.01. The third-order valence-corrected chi connectivity index (χ3v) is 5.04. The van der Waals surface area contributed by atoms with E-state index >= 15 is 0 Å². The Kier molecular flexibility index (Phi) is 5.06. The Bertz CT molecular complexity index is 777. The first-order valence-electron chi connectivity index (χ1n) is 8.07. The van der Waals surface area contributed by atoms with E-state index in [1.165, 1.54) is 12.7 Å². The van der Waals surface area contributed by atoms with Crippen LogP contribution < -0.4 is 4.74 Å². The van der Waals surface area contributed by atoms with Gasteiger partial charge >= 0.3 is 0 Å². The Morgan fingerprint density at radius 3 is 2.54 bits per heavy atom. The van der Waals surface area contributed by atoms with Gasteiger partial charge in [-0.2, -0.15) is 0 Å². The lowest BCUT2D eigenvalue weighted by molar-refractivity contribution is 0.386. The monoisotopic (exact) mass is 342 g/mol. The molecule has 1 atom stereocenters. The van der Waals surface area contributed by atoms with Crippen LogP contribution in [-0.2, 0) is 0 Å². The van der Waals surface area contributed by atoms with Gasteiger partial charge < -0.3 is 4.74 Å². The summed E-state index contributed by atoms with van der Waals surface area (Å²) in [5, 5.41) is 0.148. The third-order valence-electron chi connectivity index (χ3n) is 4.67. The molecule has 2 aromatic carbocycles. The van der Waals surface area contributed by atoms with Gasteiger partial charge in [-0.05, 0) is 59.6 Å². The predicted octanol–water partition coefficient (Wildman–Crippen LogP) is 6.48. The Labute approximate surface area is 147 Å². The zero-order valence-corrected chi connectivity index (χ0v) is 14.4. The summed E-state index contributed by atoms with van der Waals surface area (Å²) in [4.78, 5) is 0. The lowest BCUT2D eigenvalue weighted by Gasteiger charge is -2.23. The highest BCUT2D eigenvalue weighted by atomic mass is 35.5. The molecule has 3 rings (SSSR count). The molecule has 1 aliphatic carbocycles. The highest BCUT2D eigenvalue weighted by molar-refractivity contribution is 6.32. The maximum Gasteiger partial charge on any atom is 0.184 e. The molecule has 0 aliphatic heterocycles. The third kappa shape index (κ3) is 3.25. The molecular weight excluding hydrogens is 323 g/mol. The van der Waals surface area contributed by atoms with Crippen molar-refractivity contribution in [2.75, 3.05) is 7.11 Å². The topological polar surface area (TPSA) is 9.23 Å². The molecule has 0 spiro atoms. The number of ether oxygens (including phenoxy) is 1. The molecule has 3 heteroatoms. The van der Waals surface area contributed by atoms with Crippen molar-refractivity contribution in [1.29, 1.82) is 0 Å². The lowest BCUT2D eigenvalue weighted by atomic mass is 9.82. The molecule has 0 heterocycles. The summed E-state index contributed by atoms with van der Waals surface area (Å²) in [6, 6.07) is 12.0. The molecule has 1 nitrogen and oxygen atoms in total. The molecule has 0 saturated carbocycles. The van der Waals surface area contributed by atoms with Crippen molar-refractivity contribution in [2.24, 2.45) is 0 Å². The van der Waals surface area contributed by atoms with Gasteiger partial charge in [0.1, 0.15) is 0 Å². The van der Waals surface area contributed by atoms with Gasteiger partial charge in [0, 0.05) is 0 Å². The van der Waals surface area contributed by atoms with E-state index in [1.54, 1.807) is 6.07 Å². The van der Waals surface area contributed by atoms with Crippen molar-refractivity contribution < 1.29 is 9.13 Å². The van der Waals surface area contributed by atoms with Crippen LogP contribution in [0, 0.1) is 5.82 Å². The fourth-order valence-corrected chi connectivity index (χ4v) is 3.50. The highest BCUT2D eigenvalue weighted by Gasteiger charge is 2.20. The minimum Gasteiger partial charge on any atom is -0.494 e. The van der Waals surface area contributed by atoms with Gasteiger partial charge in [0.15, 0.2) is 11.6 Å². The average Bonchev–Trinajstić information content (AvgIpc) is 2.64. The zero-order valence-electron chi connectivity index (χ0n) is 13.7. The van der Waals surface area contributed by atoms with Crippen molar-refractivity contribution in [3.63, 3.8) is 0 Å². The maximum atomic E-state index is 14.1. The zero-order chi connectivity index (χ0) is 17.1. The molecule has 2 aromatic rings. The number of benzene rings is 2. The summed E-state index contributed by atoms with van der Waals surface area (Å²) in [7, 11) is 1.44. The number of halogens is 2. The second-order valence-corrected chi connectivity index (χ2v) is 6.39. The summed E-state index contributed by atoms with van der Waals surface area (Å²) in [5.41, 5.74) is 4.35. The molecule has 1 unspecified atom stereocenters. The maximum absolute atomic E-state index is 14.1. The molecule has 0 aromatic heterocycles. The van der Waals surface area contributed by atoms with Crippen LogP contribution in [0.4, 0.5) is 4.39 Å². The Balaban J connectivity index is 1.80. The molecule has 24 heavy (non-hydrogen) atoms. The van der Waals surface area contributed by atoms with E-state index in [1.807, 2.05) is 12.1 Å². The van der Waals surface area contributed by atoms with Crippen LogP contribution in [0.1, 0.15) is 41.9 Å². The van der Waals surface area contributed by atoms with E-state index in [2.05, 4.69) is 36.9 Å². The highest BCUT2D eigenvalue weighted by Crippen LogP contribution is 2.40. The first-order valence-corrected chi connectivity index (χ1v) is 8.45. The Morgan fingerprint density at radius 2 is 1.96 bits per heavy atom. The standard InChI is InChI=1S/C21H20ClFO/c1-3-14-4-6-15(7-5-14)16-8-10-17(11-9-16)18-12-13-19(24-2)21(23)20(18)22/h3-7,10,12-13,16H,1,8-9,11H2,2H3. The molecule has 124 valence electrons. The molecule has 0 fully saturated rings. The van der Waals surface area contributed by atoms with Crippen molar-refractivity contribution in [1.82, 2.24) is 0 Å². The Morgan fingerprint density at radius 1 is 1.21 bits per heavy atom.